The minimum Gasteiger partial charge on any atom is -0.477 e. The lowest BCUT2D eigenvalue weighted by Gasteiger charge is -2.54. The maximum atomic E-state index is 11.1. The summed E-state index contributed by atoms with van der Waals surface area (Å²) in [6.07, 6.45) is 6.96. The number of hydrogen-bond donors (Lipinski definition) is 2. The highest BCUT2D eigenvalue weighted by atomic mass is 16.4. The molecule has 0 atom stereocenters. The highest BCUT2D eigenvalue weighted by Gasteiger charge is 2.49. The van der Waals surface area contributed by atoms with Crippen molar-refractivity contribution >= 4 is 5.97 Å². The Morgan fingerprint density at radius 3 is 2.21 bits per heavy atom. The van der Waals surface area contributed by atoms with Crippen molar-refractivity contribution in [1.29, 1.82) is 0 Å². The van der Waals surface area contributed by atoms with E-state index in [1.807, 2.05) is 6.07 Å². The average molecular weight is 259 g/mol. The van der Waals surface area contributed by atoms with Crippen LogP contribution < -0.4 is 0 Å². The van der Waals surface area contributed by atoms with E-state index in [-0.39, 0.29) is 0 Å². The summed E-state index contributed by atoms with van der Waals surface area (Å²) in [5.74, 6) is 3.30. The van der Waals surface area contributed by atoms with Crippen molar-refractivity contribution in [2.24, 2.45) is 23.7 Å². The lowest BCUT2D eigenvalue weighted by molar-refractivity contribution is -0.00425. The normalized spacial score (nSPS) is 39.7. The molecule has 0 spiro atoms. The third kappa shape index (κ3) is 1.67. The van der Waals surface area contributed by atoms with Crippen LogP contribution in [0.3, 0.4) is 0 Å². The molecule has 4 bridgehead atoms. The first kappa shape index (κ1) is 11.6. The molecule has 1 aromatic rings. The van der Waals surface area contributed by atoms with E-state index >= 15 is 0 Å². The zero-order valence-electron chi connectivity index (χ0n) is 11.4. The third-order valence-electron chi connectivity index (χ3n) is 5.85. The fourth-order valence-corrected chi connectivity index (χ4v) is 5.43. The van der Waals surface area contributed by atoms with E-state index in [9.17, 15) is 4.79 Å². The molecule has 0 aromatic carbocycles. The molecule has 3 nitrogen and oxygen atoms in total. The van der Waals surface area contributed by atoms with Gasteiger partial charge < -0.3 is 10.1 Å². The fraction of sp³-hybridized carbons (Fsp3) is 0.688. The second-order valence-electron chi connectivity index (χ2n) is 7.04. The summed E-state index contributed by atoms with van der Waals surface area (Å²) in [5, 5.41) is 9.14. The minimum atomic E-state index is -0.835. The summed E-state index contributed by atoms with van der Waals surface area (Å²) in [6, 6.07) is 1.81. The maximum absolute atomic E-state index is 11.1. The molecule has 0 amide bonds. The Bertz CT molecular complexity index is 503. The molecule has 3 heteroatoms. The molecule has 4 saturated carbocycles. The molecule has 0 aliphatic heterocycles. The largest absolute Gasteiger partial charge is 0.477 e. The molecule has 4 aliphatic rings. The van der Waals surface area contributed by atoms with E-state index in [0.29, 0.717) is 11.6 Å². The van der Waals surface area contributed by atoms with E-state index in [4.69, 9.17) is 5.11 Å². The summed E-state index contributed by atoms with van der Waals surface area (Å²) in [5.41, 5.74) is 2.74. The summed E-state index contributed by atoms with van der Waals surface area (Å²) in [7, 11) is 0. The molecule has 1 heterocycles. The van der Waals surface area contributed by atoms with Crippen molar-refractivity contribution in [2.45, 2.75) is 44.9 Å². The Morgan fingerprint density at radius 1 is 1.16 bits per heavy atom. The number of hydrogen-bond acceptors (Lipinski definition) is 1. The number of H-pyrrole nitrogens is 1. The lowest BCUT2D eigenvalue weighted by Crippen LogP contribution is -2.44. The van der Waals surface area contributed by atoms with Crippen molar-refractivity contribution in [3.05, 3.63) is 23.0 Å². The quantitative estimate of drug-likeness (QED) is 0.853. The van der Waals surface area contributed by atoms with Crippen molar-refractivity contribution in [3.63, 3.8) is 0 Å². The van der Waals surface area contributed by atoms with E-state index in [2.05, 4.69) is 11.9 Å². The molecular weight excluding hydrogens is 238 g/mol. The van der Waals surface area contributed by atoms with E-state index < -0.39 is 5.97 Å². The fourth-order valence-electron chi connectivity index (χ4n) is 5.43. The monoisotopic (exact) mass is 259 g/mol. The zero-order chi connectivity index (χ0) is 13.1. The molecule has 4 fully saturated rings. The number of rotatable bonds is 2. The lowest BCUT2D eigenvalue weighted by atomic mass is 9.51. The Kier molecular flexibility index (Phi) is 2.36. The first-order chi connectivity index (χ1) is 9.11. The number of aromatic nitrogens is 1. The molecule has 0 unspecified atom stereocenters. The second-order valence-corrected chi connectivity index (χ2v) is 7.04. The third-order valence-corrected chi connectivity index (χ3v) is 5.85. The van der Waals surface area contributed by atoms with E-state index in [0.717, 1.165) is 29.2 Å². The van der Waals surface area contributed by atoms with Gasteiger partial charge >= 0.3 is 5.97 Å². The van der Waals surface area contributed by atoms with Gasteiger partial charge in [0.2, 0.25) is 0 Å². The number of aryl methyl sites for hydroxylation is 1. The molecule has 102 valence electrons. The first-order valence-corrected chi connectivity index (χ1v) is 7.54. The maximum Gasteiger partial charge on any atom is 0.352 e. The molecule has 5 rings (SSSR count). The van der Waals surface area contributed by atoms with Crippen LogP contribution in [-0.2, 0) is 0 Å². The number of carboxylic acids is 1. The highest BCUT2D eigenvalue weighted by molar-refractivity contribution is 5.86. The van der Waals surface area contributed by atoms with Gasteiger partial charge in [-0.15, -0.1) is 0 Å². The first-order valence-electron chi connectivity index (χ1n) is 7.54. The van der Waals surface area contributed by atoms with Crippen LogP contribution in [-0.4, -0.2) is 16.1 Å². The Morgan fingerprint density at radius 2 is 1.74 bits per heavy atom. The van der Waals surface area contributed by atoms with Gasteiger partial charge in [0, 0.05) is 11.6 Å². The Hall–Kier alpha value is -1.25. The molecule has 0 radical (unpaired) electrons. The molecule has 2 N–H and O–H groups in total. The molecule has 0 saturated heterocycles. The second kappa shape index (κ2) is 3.87. The van der Waals surface area contributed by atoms with Crippen LogP contribution in [0.25, 0.3) is 0 Å². The summed E-state index contributed by atoms with van der Waals surface area (Å²) in [6.45, 7) is 2.06. The molecule has 1 aromatic heterocycles. The number of aromatic amines is 1. The average Bonchev–Trinajstić information content (AvgIpc) is 2.70. The van der Waals surface area contributed by atoms with Crippen molar-refractivity contribution < 1.29 is 9.90 Å². The standard InChI is InChI=1S/C16H21NO2/c1-8-2-13(16(18)19)17-15(8)14-11-4-9-3-10(6-11)7-12(14)5-9/h2,9-12,14,17H,3-7H2,1H3,(H,18,19). The van der Waals surface area contributed by atoms with Gasteiger partial charge in [0.1, 0.15) is 5.69 Å². The summed E-state index contributed by atoms with van der Waals surface area (Å²) < 4.78 is 0. The SMILES string of the molecule is Cc1cc(C(=O)O)[nH]c1C1C2CC3CC(C2)CC1C3. The van der Waals surface area contributed by atoms with Crippen LogP contribution >= 0.6 is 0 Å². The van der Waals surface area contributed by atoms with Gasteiger partial charge in [0.05, 0.1) is 0 Å². The van der Waals surface area contributed by atoms with E-state index in [1.165, 1.54) is 37.8 Å². The van der Waals surface area contributed by atoms with Gasteiger partial charge in [-0.05, 0) is 74.3 Å². The summed E-state index contributed by atoms with van der Waals surface area (Å²) >= 11 is 0. The van der Waals surface area contributed by atoms with Crippen LogP contribution in [0.15, 0.2) is 6.07 Å². The van der Waals surface area contributed by atoms with Gasteiger partial charge in [-0.1, -0.05) is 0 Å². The number of carbonyl (C=O) groups is 1. The van der Waals surface area contributed by atoms with Crippen molar-refractivity contribution in [2.75, 3.05) is 0 Å². The minimum absolute atomic E-state index is 0.362. The summed E-state index contributed by atoms with van der Waals surface area (Å²) in [4.78, 5) is 14.3. The van der Waals surface area contributed by atoms with Gasteiger partial charge in [0.25, 0.3) is 0 Å². The van der Waals surface area contributed by atoms with Crippen LogP contribution in [0.2, 0.25) is 0 Å². The van der Waals surface area contributed by atoms with Gasteiger partial charge in [-0.3, -0.25) is 0 Å². The predicted octanol–water partition coefficient (Wildman–Crippen LogP) is 3.56. The molecule has 19 heavy (non-hydrogen) atoms. The molecule has 4 aliphatic carbocycles. The van der Waals surface area contributed by atoms with Gasteiger partial charge in [0.15, 0.2) is 0 Å². The Balaban J connectivity index is 1.71. The smallest absolute Gasteiger partial charge is 0.352 e. The van der Waals surface area contributed by atoms with Crippen LogP contribution in [0.5, 0.6) is 0 Å². The van der Waals surface area contributed by atoms with E-state index in [1.54, 1.807) is 0 Å². The number of aromatic carboxylic acids is 1. The number of nitrogens with one attached hydrogen (secondary N) is 1. The highest BCUT2D eigenvalue weighted by Crippen LogP contribution is 2.59. The number of carboxylic acid groups (broad SMARTS) is 1. The van der Waals surface area contributed by atoms with Crippen LogP contribution in [0.4, 0.5) is 0 Å². The topological polar surface area (TPSA) is 53.1 Å². The van der Waals surface area contributed by atoms with Gasteiger partial charge in [-0.2, -0.15) is 0 Å². The molecular formula is C16H21NO2. The van der Waals surface area contributed by atoms with Crippen molar-refractivity contribution in [3.8, 4) is 0 Å². The van der Waals surface area contributed by atoms with Crippen LogP contribution in [0, 0.1) is 30.6 Å². The zero-order valence-corrected chi connectivity index (χ0v) is 11.4. The predicted molar refractivity (Wildman–Crippen MR) is 72.3 cm³/mol. The van der Waals surface area contributed by atoms with Crippen molar-refractivity contribution in [1.82, 2.24) is 4.98 Å². The van der Waals surface area contributed by atoms with Crippen LogP contribution in [0.1, 0.15) is 59.8 Å². The Labute approximate surface area is 113 Å². The van der Waals surface area contributed by atoms with Gasteiger partial charge in [-0.25, -0.2) is 4.79 Å².